The molecule has 0 aromatic carbocycles. The van der Waals surface area contributed by atoms with Crippen LogP contribution in [-0.4, -0.2) is 29.3 Å². The van der Waals surface area contributed by atoms with Gasteiger partial charge < -0.3 is 10.4 Å². The van der Waals surface area contributed by atoms with Gasteiger partial charge in [0.05, 0.1) is 5.92 Å². The third-order valence-corrected chi connectivity index (χ3v) is 3.69. The minimum atomic E-state index is -0.971. The van der Waals surface area contributed by atoms with Crippen molar-refractivity contribution in [1.29, 1.82) is 0 Å². The van der Waals surface area contributed by atoms with Gasteiger partial charge in [-0.3, -0.25) is 14.4 Å². The summed E-state index contributed by atoms with van der Waals surface area (Å²) in [6.45, 7) is 9.64. The second-order valence-electron chi connectivity index (χ2n) is 5.90. The van der Waals surface area contributed by atoms with Crippen LogP contribution in [0.1, 0.15) is 52.9 Å². The number of aliphatic carboxylic acids is 1. The van der Waals surface area contributed by atoms with Crippen LogP contribution in [0.2, 0.25) is 0 Å². The minimum absolute atomic E-state index is 0.0208. The van der Waals surface area contributed by atoms with Crippen molar-refractivity contribution in [3.8, 4) is 0 Å². The van der Waals surface area contributed by atoms with E-state index in [0.29, 0.717) is 19.4 Å². The Labute approximate surface area is 126 Å². The van der Waals surface area contributed by atoms with E-state index in [-0.39, 0.29) is 24.5 Å². The molecule has 0 radical (unpaired) electrons. The average molecular weight is 297 g/mol. The highest BCUT2D eigenvalue weighted by molar-refractivity contribution is 5.84. The highest BCUT2D eigenvalue weighted by Crippen LogP contribution is 2.19. The number of hydrogen-bond donors (Lipinski definition) is 2. The molecule has 2 N–H and O–H groups in total. The third kappa shape index (κ3) is 7.63. The number of Topliss-reactive ketones (excluding diaryl/α,β-unsaturated/α-hetero) is 1. The molecule has 0 rings (SSSR count). The van der Waals surface area contributed by atoms with Crippen LogP contribution in [0.15, 0.2) is 12.7 Å². The predicted octanol–water partition coefficient (Wildman–Crippen LogP) is 2.56. The van der Waals surface area contributed by atoms with Crippen LogP contribution in [0.3, 0.4) is 0 Å². The number of nitrogens with one attached hydrogen (secondary N) is 1. The molecule has 0 aliphatic carbocycles. The zero-order valence-electron chi connectivity index (χ0n) is 13.3. The lowest BCUT2D eigenvalue weighted by Crippen LogP contribution is -2.37. The van der Waals surface area contributed by atoms with E-state index in [1.165, 1.54) is 6.08 Å². The Morgan fingerprint density at radius 2 is 1.95 bits per heavy atom. The second kappa shape index (κ2) is 9.32. The minimum Gasteiger partial charge on any atom is -0.481 e. The Morgan fingerprint density at radius 3 is 2.43 bits per heavy atom. The summed E-state index contributed by atoms with van der Waals surface area (Å²) in [5, 5.41) is 11.8. The molecule has 120 valence electrons. The smallest absolute Gasteiger partial charge is 0.307 e. The van der Waals surface area contributed by atoms with Crippen molar-refractivity contribution in [2.24, 2.45) is 11.3 Å². The van der Waals surface area contributed by atoms with Crippen LogP contribution >= 0.6 is 0 Å². The summed E-state index contributed by atoms with van der Waals surface area (Å²) in [6, 6.07) is 0. The summed E-state index contributed by atoms with van der Waals surface area (Å²) in [4.78, 5) is 34.5. The number of carboxylic acids is 1. The van der Waals surface area contributed by atoms with E-state index in [1.54, 1.807) is 0 Å². The predicted molar refractivity (Wildman–Crippen MR) is 81.9 cm³/mol. The molecule has 0 aliphatic rings. The van der Waals surface area contributed by atoms with Gasteiger partial charge in [-0.1, -0.05) is 26.8 Å². The molecule has 0 spiro atoms. The lowest BCUT2D eigenvalue weighted by molar-refractivity contribution is -0.143. The molecule has 1 atom stereocenters. The van der Waals surface area contributed by atoms with E-state index >= 15 is 0 Å². The third-order valence-electron chi connectivity index (χ3n) is 3.69. The maximum absolute atomic E-state index is 11.8. The number of ketones is 1. The molecule has 1 unspecified atom stereocenters. The summed E-state index contributed by atoms with van der Waals surface area (Å²) in [6.07, 6.45) is 3.40. The van der Waals surface area contributed by atoms with Crippen LogP contribution in [0.5, 0.6) is 0 Å². The fourth-order valence-electron chi connectivity index (χ4n) is 1.74. The van der Waals surface area contributed by atoms with E-state index < -0.39 is 17.3 Å². The van der Waals surface area contributed by atoms with Crippen LogP contribution in [0.25, 0.3) is 0 Å². The van der Waals surface area contributed by atoms with Crippen molar-refractivity contribution in [1.82, 2.24) is 5.32 Å². The zero-order valence-corrected chi connectivity index (χ0v) is 13.3. The highest BCUT2D eigenvalue weighted by atomic mass is 16.4. The van der Waals surface area contributed by atoms with Gasteiger partial charge in [0, 0.05) is 24.8 Å². The lowest BCUT2D eigenvalue weighted by atomic mass is 9.89. The van der Waals surface area contributed by atoms with E-state index in [2.05, 4.69) is 11.9 Å². The molecule has 5 nitrogen and oxygen atoms in total. The van der Waals surface area contributed by atoms with Crippen molar-refractivity contribution < 1.29 is 19.5 Å². The molecule has 21 heavy (non-hydrogen) atoms. The Balaban J connectivity index is 4.02. The van der Waals surface area contributed by atoms with Crippen molar-refractivity contribution in [2.45, 2.75) is 52.9 Å². The molecule has 0 saturated heterocycles. The maximum Gasteiger partial charge on any atom is 0.307 e. The first-order valence-corrected chi connectivity index (χ1v) is 7.38. The molecule has 0 fully saturated rings. The summed E-state index contributed by atoms with van der Waals surface area (Å²) in [5.74, 6) is -1.77. The number of amides is 1. The van der Waals surface area contributed by atoms with Gasteiger partial charge in [-0.2, -0.15) is 0 Å². The van der Waals surface area contributed by atoms with E-state index in [1.807, 2.05) is 20.8 Å². The first-order valence-electron chi connectivity index (χ1n) is 7.38. The molecular weight excluding hydrogens is 270 g/mol. The van der Waals surface area contributed by atoms with Crippen molar-refractivity contribution in [3.05, 3.63) is 12.7 Å². The van der Waals surface area contributed by atoms with Gasteiger partial charge in [0.1, 0.15) is 5.78 Å². The Hall–Kier alpha value is -1.65. The topological polar surface area (TPSA) is 83.5 Å². The first kappa shape index (κ1) is 19.4. The maximum atomic E-state index is 11.8. The fraction of sp³-hybridized carbons (Fsp3) is 0.688. The number of allylic oxidation sites excluding steroid dienone is 1. The number of carbonyl (C=O) groups is 3. The second-order valence-corrected chi connectivity index (χ2v) is 5.90. The van der Waals surface area contributed by atoms with Crippen molar-refractivity contribution in [3.63, 3.8) is 0 Å². The molecular formula is C16H27NO4. The Morgan fingerprint density at radius 1 is 1.33 bits per heavy atom. The highest BCUT2D eigenvalue weighted by Gasteiger charge is 2.24. The lowest BCUT2D eigenvalue weighted by Gasteiger charge is -2.21. The molecule has 5 heteroatoms. The van der Waals surface area contributed by atoms with E-state index in [0.717, 1.165) is 6.42 Å². The first-order chi connectivity index (χ1) is 9.74. The van der Waals surface area contributed by atoms with Gasteiger partial charge in [0.25, 0.3) is 0 Å². The monoisotopic (exact) mass is 297 g/mol. The van der Waals surface area contributed by atoms with Gasteiger partial charge in [-0.15, -0.1) is 6.58 Å². The Kier molecular flexibility index (Phi) is 8.58. The zero-order chi connectivity index (χ0) is 16.5. The molecule has 0 aromatic rings. The van der Waals surface area contributed by atoms with E-state index in [4.69, 9.17) is 5.11 Å². The van der Waals surface area contributed by atoms with Gasteiger partial charge >= 0.3 is 5.97 Å². The summed E-state index contributed by atoms with van der Waals surface area (Å²) < 4.78 is 0. The average Bonchev–Trinajstić information content (AvgIpc) is 2.42. The number of hydrogen-bond acceptors (Lipinski definition) is 3. The summed E-state index contributed by atoms with van der Waals surface area (Å²) >= 11 is 0. The van der Waals surface area contributed by atoms with Crippen LogP contribution in [0.4, 0.5) is 0 Å². The molecule has 0 aliphatic heterocycles. The van der Waals surface area contributed by atoms with Gasteiger partial charge in [0.2, 0.25) is 5.91 Å². The normalized spacial score (nSPS) is 12.5. The molecule has 0 heterocycles. The standard InChI is InChI=1S/C16H27NO4/c1-5-8-12(14(19)20)11-13(18)9-7-10-17-15(21)16(3,4)6-2/h5,12H,1,6-11H2,2-4H3,(H,17,21)(H,19,20). The summed E-state index contributed by atoms with van der Waals surface area (Å²) in [5.41, 5.74) is -0.400. The van der Waals surface area contributed by atoms with Gasteiger partial charge in [-0.25, -0.2) is 0 Å². The SMILES string of the molecule is C=CCC(CC(=O)CCCNC(=O)C(C)(C)CC)C(=O)O. The molecule has 0 aromatic heterocycles. The summed E-state index contributed by atoms with van der Waals surface area (Å²) in [7, 11) is 0. The number of carbonyl (C=O) groups excluding carboxylic acids is 2. The quantitative estimate of drug-likeness (QED) is 0.453. The van der Waals surface area contributed by atoms with Gasteiger partial charge in [-0.05, 0) is 19.3 Å². The van der Waals surface area contributed by atoms with Crippen LogP contribution in [-0.2, 0) is 14.4 Å². The fourth-order valence-corrected chi connectivity index (χ4v) is 1.74. The largest absolute Gasteiger partial charge is 0.481 e. The Bertz CT molecular complexity index is 388. The van der Waals surface area contributed by atoms with Crippen LogP contribution in [0, 0.1) is 11.3 Å². The molecule has 0 bridgehead atoms. The van der Waals surface area contributed by atoms with Gasteiger partial charge in [0.15, 0.2) is 0 Å². The number of carboxylic acid groups (broad SMARTS) is 1. The molecule has 0 saturated carbocycles. The van der Waals surface area contributed by atoms with Crippen molar-refractivity contribution in [2.75, 3.05) is 6.54 Å². The van der Waals surface area contributed by atoms with Crippen LogP contribution < -0.4 is 5.32 Å². The van der Waals surface area contributed by atoms with E-state index in [9.17, 15) is 14.4 Å². The molecule has 1 amide bonds. The van der Waals surface area contributed by atoms with Crippen molar-refractivity contribution >= 4 is 17.7 Å². The number of rotatable bonds is 11.